The van der Waals surface area contributed by atoms with Gasteiger partial charge >= 0.3 is 0 Å². The molecule has 0 saturated heterocycles. The first-order valence-electron chi connectivity index (χ1n) is 4.63. The SMILES string of the molecule is O=S(=O)(Nc1ncccn1)c1ccc(Cl)cc1. The van der Waals surface area contributed by atoms with Gasteiger partial charge in [-0.05, 0) is 30.3 Å². The highest BCUT2D eigenvalue weighted by molar-refractivity contribution is 7.92. The van der Waals surface area contributed by atoms with E-state index < -0.39 is 10.0 Å². The lowest BCUT2D eigenvalue weighted by atomic mass is 10.4. The summed E-state index contributed by atoms with van der Waals surface area (Å²) < 4.78 is 26.0. The van der Waals surface area contributed by atoms with Crippen LogP contribution >= 0.6 is 11.6 Å². The van der Waals surface area contributed by atoms with Crippen LogP contribution in [0.1, 0.15) is 0 Å². The molecule has 1 N–H and O–H groups in total. The van der Waals surface area contributed by atoms with Gasteiger partial charge in [-0.15, -0.1) is 0 Å². The predicted octanol–water partition coefficient (Wildman–Crippen LogP) is 1.93. The summed E-state index contributed by atoms with van der Waals surface area (Å²) in [5.74, 6) is 0.0300. The molecular formula is C10H8ClN3O2S. The highest BCUT2D eigenvalue weighted by Gasteiger charge is 2.14. The Morgan fingerprint density at radius 1 is 1.06 bits per heavy atom. The number of hydrogen-bond acceptors (Lipinski definition) is 4. The Hall–Kier alpha value is -1.66. The third-order valence-electron chi connectivity index (χ3n) is 1.92. The molecule has 0 atom stereocenters. The van der Waals surface area contributed by atoms with Crippen LogP contribution in [0.25, 0.3) is 0 Å². The Bertz CT molecular complexity index is 599. The Labute approximate surface area is 104 Å². The molecule has 5 nitrogen and oxygen atoms in total. The number of hydrogen-bond donors (Lipinski definition) is 1. The first kappa shape index (κ1) is 11.8. The number of nitrogens with zero attached hydrogens (tertiary/aromatic N) is 2. The fraction of sp³-hybridized carbons (Fsp3) is 0. The van der Waals surface area contributed by atoms with Crippen LogP contribution in [0.5, 0.6) is 0 Å². The minimum Gasteiger partial charge on any atom is -0.247 e. The molecule has 88 valence electrons. The first-order chi connectivity index (χ1) is 8.08. The van der Waals surface area contributed by atoms with Gasteiger partial charge in [0.25, 0.3) is 10.0 Å². The number of aromatic nitrogens is 2. The molecule has 0 saturated carbocycles. The quantitative estimate of drug-likeness (QED) is 0.924. The summed E-state index contributed by atoms with van der Waals surface area (Å²) in [6.45, 7) is 0. The number of nitrogens with one attached hydrogen (secondary N) is 1. The van der Waals surface area contributed by atoms with E-state index in [-0.39, 0.29) is 10.8 Å². The van der Waals surface area contributed by atoms with E-state index >= 15 is 0 Å². The summed E-state index contributed by atoms with van der Waals surface area (Å²) >= 11 is 5.68. The zero-order valence-electron chi connectivity index (χ0n) is 8.54. The van der Waals surface area contributed by atoms with E-state index in [1.165, 1.54) is 36.7 Å². The van der Waals surface area contributed by atoms with E-state index in [0.717, 1.165) is 0 Å². The molecule has 0 radical (unpaired) electrons. The minimum absolute atomic E-state index is 0.0300. The zero-order valence-corrected chi connectivity index (χ0v) is 10.1. The van der Waals surface area contributed by atoms with Crippen LogP contribution in [-0.4, -0.2) is 18.4 Å². The molecule has 2 rings (SSSR count). The van der Waals surface area contributed by atoms with Crippen molar-refractivity contribution in [3.05, 3.63) is 47.7 Å². The second-order valence-corrected chi connectivity index (χ2v) is 5.25. The summed E-state index contributed by atoms with van der Waals surface area (Å²) in [6.07, 6.45) is 2.90. The van der Waals surface area contributed by atoms with Crippen molar-refractivity contribution < 1.29 is 8.42 Å². The van der Waals surface area contributed by atoms with Gasteiger partial charge in [-0.1, -0.05) is 11.6 Å². The van der Waals surface area contributed by atoms with E-state index in [9.17, 15) is 8.42 Å². The summed E-state index contributed by atoms with van der Waals surface area (Å²) in [4.78, 5) is 7.66. The average molecular weight is 270 g/mol. The number of benzene rings is 1. The van der Waals surface area contributed by atoms with E-state index in [2.05, 4.69) is 14.7 Å². The van der Waals surface area contributed by atoms with E-state index in [4.69, 9.17) is 11.6 Å². The van der Waals surface area contributed by atoms with Gasteiger partial charge in [-0.2, -0.15) is 0 Å². The summed E-state index contributed by atoms with van der Waals surface area (Å²) in [6, 6.07) is 7.42. The third-order valence-corrected chi connectivity index (χ3v) is 3.51. The Morgan fingerprint density at radius 3 is 2.24 bits per heavy atom. The van der Waals surface area contributed by atoms with Gasteiger partial charge in [0, 0.05) is 17.4 Å². The van der Waals surface area contributed by atoms with Crippen LogP contribution in [0.4, 0.5) is 5.95 Å². The lowest BCUT2D eigenvalue weighted by Gasteiger charge is -2.05. The van der Waals surface area contributed by atoms with Gasteiger partial charge in [-0.25, -0.2) is 23.1 Å². The maximum Gasteiger partial charge on any atom is 0.264 e. The molecule has 0 spiro atoms. The molecule has 1 aromatic carbocycles. The molecule has 1 aromatic heterocycles. The summed E-state index contributed by atoms with van der Waals surface area (Å²) in [5.41, 5.74) is 0. The number of rotatable bonds is 3. The molecule has 0 aliphatic rings. The standard InChI is InChI=1S/C10H8ClN3O2S/c11-8-2-4-9(5-3-8)17(15,16)14-10-12-6-1-7-13-10/h1-7H,(H,12,13,14). The van der Waals surface area contributed by atoms with Crippen LogP contribution in [0.3, 0.4) is 0 Å². The van der Waals surface area contributed by atoms with Gasteiger partial charge in [0.05, 0.1) is 4.90 Å². The van der Waals surface area contributed by atoms with Gasteiger partial charge in [0.15, 0.2) is 0 Å². The van der Waals surface area contributed by atoms with Crippen molar-refractivity contribution in [2.75, 3.05) is 4.72 Å². The average Bonchev–Trinajstić information content (AvgIpc) is 2.30. The van der Waals surface area contributed by atoms with Crippen LogP contribution in [0.2, 0.25) is 5.02 Å². The molecule has 17 heavy (non-hydrogen) atoms. The van der Waals surface area contributed by atoms with Crippen molar-refractivity contribution >= 4 is 27.6 Å². The zero-order chi connectivity index (χ0) is 12.3. The molecular weight excluding hydrogens is 262 g/mol. The fourth-order valence-corrected chi connectivity index (χ4v) is 2.23. The monoisotopic (exact) mass is 269 g/mol. The van der Waals surface area contributed by atoms with Crippen molar-refractivity contribution in [1.29, 1.82) is 0 Å². The first-order valence-corrected chi connectivity index (χ1v) is 6.49. The molecule has 1 heterocycles. The van der Waals surface area contributed by atoms with Crippen LogP contribution in [0.15, 0.2) is 47.6 Å². The summed E-state index contributed by atoms with van der Waals surface area (Å²) in [5, 5.41) is 0.472. The molecule has 0 aliphatic carbocycles. The predicted molar refractivity (Wildman–Crippen MR) is 64.3 cm³/mol. The second kappa shape index (κ2) is 4.68. The molecule has 7 heteroatoms. The molecule has 0 amide bonds. The van der Waals surface area contributed by atoms with Crippen molar-refractivity contribution in [1.82, 2.24) is 9.97 Å². The Balaban J connectivity index is 2.29. The van der Waals surface area contributed by atoms with Crippen LogP contribution in [-0.2, 0) is 10.0 Å². The van der Waals surface area contributed by atoms with E-state index in [1.807, 2.05) is 0 Å². The maximum absolute atomic E-state index is 11.9. The van der Waals surface area contributed by atoms with Crippen LogP contribution < -0.4 is 4.72 Å². The van der Waals surface area contributed by atoms with E-state index in [1.54, 1.807) is 6.07 Å². The minimum atomic E-state index is -3.66. The van der Waals surface area contributed by atoms with Gasteiger partial charge in [-0.3, -0.25) is 0 Å². The number of halogens is 1. The van der Waals surface area contributed by atoms with Crippen molar-refractivity contribution in [3.8, 4) is 0 Å². The van der Waals surface area contributed by atoms with Crippen molar-refractivity contribution in [3.63, 3.8) is 0 Å². The van der Waals surface area contributed by atoms with Crippen molar-refractivity contribution in [2.45, 2.75) is 4.90 Å². The van der Waals surface area contributed by atoms with Gasteiger partial charge in [0.2, 0.25) is 5.95 Å². The summed E-state index contributed by atoms with van der Waals surface area (Å²) in [7, 11) is -3.66. The number of sulfonamides is 1. The second-order valence-electron chi connectivity index (χ2n) is 3.13. The largest absolute Gasteiger partial charge is 0.264 e. The molecule has 0 aliphatic heterocycles. The lowest BCUT2D eigenvalue weighted by molar-refractivity contribution is 0.601. The maximum atomic E-state index is 11.9. The number of anilines is 1. The highest BCUT2D eigenvalue weighted by atomic mass is 35.5. The van der Waals surface area contributed by atoms with Crippen molar-refractivity contribution in [2.24, 2.45) is 0 Å². The van der Waals surface area contributed by atoms with Gasteiger partial charge in [0.1, 0.15) is 0 Å². The topological polar surface area (TPSA) is 72.0 Å². The third kappa shape index (κ3) is 2.92. The normalized spacial score (nSPS) is 11.1. The van der Waals surface area contributed by atoms with Gasteiger partial charge < -0.3 is 0 Å². The highest BCUT2D eigenvalue weighted by Crippen LogP contribution is 2.15. The smallest absolute Gasteiger partial charge is 0.247 e. The fourth-order valence-electron chi connectivity index (χ4n) is 1.14. The Morgan fingerprint density at radius 2 is 1.65 bits per heavy atom. The Kier molecular flexibility index (Phi) is 3.26. The molecule has 0 unspecified atom stereocenters. The molecule has 0 fully saturated rings. The van der Waals surface area contributed by atoms with Crippen LogP contribution in [0, 0.1) is 0 Å². The molecule has 2 aromatic rings. The lowest BCUT2D eigenvalue weighted by Crippen LogP contribution is -2.14. The molecule has 0 bridgehead atoms. The van der Waals surface area contributed by atoms with E-state index in [0.29, 0.717) is 5.02 Å².